The molecule has 16 heavy (non-hydrogen) atoms. The minimum absolute atomic E-state index is 0.249. The highest BCUT2D eigenvalue weighted by Gasteiger charge is 2.10. The number of hydrogen-bond donors (Lipinski definition) is 3. The van der Waals surface area contributed by atoms with Gasteiger partial charge >= 0.3 is 0 Å². The van der Waals surface area contributed by atoms with Crippen molar-refractivity contribution in [3.05, 3.63) is 22.4 Å². The molecule has 4 N–H and O–H groups in total. The molecule has 1 heterocycles. The van der Waals surface area contributed by atoms with Crippen molar-refractivity contribution < 1.29 is 9.90 Å². The Kier molecular flexibility index (Phi) is 7.49. The van der Waals surface area contributed by atoms with Crippen LogP contribution in [-0.2, 0) is 0 Å². The summed E-state index contributed by atoms with van der Waals surface area (Å²) >= 11 is 3.17. The van der Waals surface area contributed by atoms with Crippen molar-refractivity contribution in [2.75, 3.05) is 18.9 Å². The predicted octanol–water partition coefficient (Wildman–Crippen LogP) is 1.17. The van der Waals surface area contributed by atoms with Gasteiger partial charge in [-0.25, -0.2) is 4.98 Å². The number of aliphatic hydroxyl groups is 1. The Morgan fingerprint density at radius 1 is 1.56 bits per heavy atom. The topological polar surface area (TPSA) is 88.2 Å². The Morgan fingerprint density at radius 3 is 2.62 bits per heavy atom. The summed E-state index contributed by atoms with van der Waals surface area (Å²) in [6.45, 7) is 4.33. The van der Waals surface area contributed by atoms with Gasteiger partial charge in [-0.3, -0.25) is 4.79 Å². The van der Waals surface area contributed by atoms with Gasteiger partial charge in [0.05, 0.1) is 5.69 Å². The van der Waals surface area contributed by atoms with Gasteiger partial charge in [-0.2, -0.15) is 0 Å². The number of halogens is 1. The lowest BCUT2D eigenvalue weighted by Crippen LogP contribution is -2.24. The second-order valence-electron chi connectivity index (χ2n) is 2.75. The van der Waals surface area contributed by atoms with Crippen LogP contribution < -0.4 is 11.1 Å². The first kappa shape index (κ1) is 14.9. The molecule has 0 saturated carbocycles. The van der Waals surface area contributed by atoms with E-state index in [9.17, 15) is 4.79 Å². The van der Waals surface area contributed by atoms with Crippen LogP contribution in [0.3, 0.4) is 0 Å². The fourth-order valence-corrected chi connectivity index (χ4v) is 1.18. The minimum atomic E-state index is -0.249. The lowest BCUT2D eigenvalue weighted by atomic mass is 10.3. The van der Waals surface area contributed by atoms with Gasteiger partial charge in [-0.1, -0.05) is 0 Å². The van der Waals surface area contributed by atoms with E-state index in [1.54, 1.807) is 19.1 Å². The quantitative estimate of drug-likeness (QED) is 0.713. The zero-order valence-corrected chi connectivity index (χ0v) is 10.9. The molecule has 1 rings (SSSR count). The number of hydrogen-bond acceptors (Lipinski definition) is 4. The van der Waals surface area contributed by atoms with Crippen molar-refractivity contribution in [2.24, 2.45) is 0 Å². The van der Waals surface area contributed by atoms with E-state index in [0.717, 1.165) is 0 Å². The van der Waals surface area contributed by atoms with E-state index in [-0.39, 0.29) is 18.2 Å². The lowest BCUT2D eigenvalue weighted by molar-refractivity contribution is 0.0951. The van der Waals surface area contributed by atoms with E-state index in [2.05, 4.69) is 26.2 Å². The number of aromatic nitrogens is 1. The summed E-state index contributed by atoms with van der Waals surface area (Å²) in [5.74, 6) is -0.249. The molecule has 0 radical (unpaired) electrons. The molecule has 0 aliphatic rings. The summed E-state index contributed by atoms with van der Waals surface area (Å²) in [6, 6.07) is 3.33. The number of nitrogen functional groups attached to an aromatic ring is 1. The molecular weight excluding hydrogens is 274 g/mol. The van der Waals surface area contributed by atoms with E-state index in [4.69, 9.17) is 10.8 Å². The van der Waals surface area contributed by atoms with Crippen LogP contribution in [0.25, 0.3) is 0 Å². The molecule has 0 aromatic carbocycles. The second-order valence-corrected chi connectivity index (χ2v) is 3.56. The number of aliphatic hydroxyl groups excluding tert-OH is 1. The molecule has 6 heteroatoms. The summed E-state index contributed by atoms with van der Waals surface area (Å²) in [6.07, 6.45) is 0. The Bertz CT molecular complexity index is 345. The number of rotatable bonds is 2. The Hall–Kier alpha value is -1.14. The summed E-state index contributed by atoms with van der Waals surface area (Å²) < 4.78 is 0.600. The number of carbonyl (C=O) groups excluding carboxylic acids is 1. The van der Waals surface area contributed by atoms with E-state index < -0.39 is 0 Å². The van der Waals surface area contributed by atoms with Crippen molar-refractivity contribution >= 4 is 27.5 Å². The number of amides is 1. The average molecular weight is 290 g/mol. The standard InChI is InChI=1S/C8H10BrN3O.C2H6O/c1-2-11-8(13)7-5(10)3-4-6(9)12-7;1-2-3/h3-4H,2,10H2,1H3,(H,11,13);3H,2H2,1H3. The molecule has 90 valence electrons. The predicted molar refractivity (Wildman–Crippen MR) is 67.1 cm³/mol. The van der Waals surface area contributed by atoms with Crippen LogP contribution in [0.2, 0.25) is 0 Å². The van der Waals surface area contributed by atoms with Crippen LogP contribution in [0.15, 0.2) is 16.7 Å². The van der Waals surface area contributed by atoms with Crippen molar-refractivity contribution in [1.29, 1.82) is 0 Å². The molecule has 5 nitrogen and oxygen atoms in total. The summed E-state index contributed by atoms with van der Waals surface area (Å²) in [5, 5.41) is 10.2. The summed E-state index contributed by atoms with van der Waals surface area (Å²) in [4.78, 5) is 15.3. The largest absolute Gasteiger partial charge is 0.397 e. The molecule has 0 saturated heterocycles. The number of anilines is 1. The molecule has 0 aliphatic heterocycles. The molecule has 0 aliphatic carbocycles. The molecule has 0 fully saturated rings. The lowest BCUT2D eigenvalue weighted by Gasteiger charge is -2.04. The summed E-state index contributed by atoms with van der Waals surface area (Å²) in [5.41, 5.74) is 6.22. The number of nitrogens with two attached hydrogens (primary N) is 1. The first-order chi connectivity index (χ1) is 7.56. The zero-order chi connectivity index (χ0) is 12.6. The van der Waals surface area contributed by atoms with E-state index >= 15 is 0 Å². The Balaban J connectivity index is 0.000000673. The molecular formula is C10H16BrN3O2. The molecule has 0 unspecified atom stereocenters. The van der Waals surface area contributed by atoms with E-state index in [1.807, 2.05) is 6.92 Å². The van der Waals surface area contributed by atoms with Gasteiger partial charge in [0.25, 0.3) is 5.91 Å². The third-order valence-electron chi connectivity index (χ3n) is 1.44. The fraction of sp³-hybridized carbons (Fsp3) is 0.400. The van der Waals surface area contributed by atoms with Crippen molar-refractivity contribution in [3.8, 4) is 0 Å². The third kappa shape index (κ3) is 5.09. The monoisotopic (exact) mass is 289 g/mol. The van der Waals surface area contributed by atoms with Crippen LogP contribution in [0.5, 0.6) is 0 Å². The van der Waals surface area contributed by atoms with Crippen LogP contribution in [0.4, 0.5) is 5.69 Å². The smallest absolute Gasteiger partial charge is 0.272 e. The SMILES string of the molecule is CCNC(=O)c1nc(Br)ccc1N.CCO. The van der Waals surface area contributed by atoms with Gasteiger partial charge in [-0.05, 0) is 41.9 Å². The first-order valence-electron chi connectivity index (χ1n) is 4.87. The number of nitrogens with zero attached hydrogens (tertiary/aromatic N) is 1. The van der Waals surface area contributed by atoms with Crippen molar-refractivity contribution in [3.63, 3.8) is 0 Å². The molecule has 1 aromatic rings. The van der Waals surface area contributed by atoms with Gasteiger partial charge in [0.1, 0.15) is 4.60 Å². The molecule has 0 spiro atoms. The van der Waals surface area contributed by atoms with Gasteiger partial charge in [0, 0.05) is 13.2 Å². The van der Waals surface area contributed by atoms with Crippen LogP contribution >= 0.6 is 15.9 Å². The van der Waals surface area contributed by atoms with Crippen molar-refractivity contribution in [2.45, 2.75) is 13.8 Å². The van der Waals surface area contributed by atoms with Gasteiger partial charge < -0.3 is 16.2 Å². The van der Waals surface area contributed by atoms with Crippen LogP contribution in [0, 0.1) is 0 Å². The van der Waals surface area contributed by atoms with E-state index in [1.165, 1.54) is 0 Å². The first-order valence-corrected chi connectivity index (χ1v) is 5.67. The van der Waals surface area contributed by atoms with Gasteiger partial charge in [-0.15, -0.1) is 0 Å². The maximum absolute atomic E-state index is 11.3. The number of carbonyl (C=O) groups is 1. The number of nitrogens with one attached hydrogen (secondary N) is 1. The fourth-order valence-electron chi connectivity index (χ4n) is 0.872. The second kappa shape index (κ2) is 8.06. The van der Waals surface area contributed by atoms with Crippen LogP contribution in [-0.4, -0.2) is 29.1 Å². The number of pyridine rings is 1. The highest BCUT2D eigenvalue weighted by atomic mass is 79.9. The minimum Gasteiger partial charge on any atom is -0.397 e. The molecule has 1 amide bonds. The highest BCUT2D eigenvalue weighted by molar-refractivity contribution is 9.10. The molecule has 1 aromatic heterocycles. The Labute approximate surface area is 103 Å². The highest BCUT2D eigenvalue weighted by Crippen LogP contribution is 2.13. The zero-order valence-electron chi connectivity index (χ0n) is 9.33. The maximum atomic E-state index is 11.3. The van der Waals surface area contributed by atoms with E-state index in [0.29, 0.717) is 16.8 Å². The van der Waals surface area contributed by atoms with Crippen molar-refractivity contribution in [1.82, 2.24) is 10.3 Å². The third-order valence-corrected chi connectivity index (χ3v) is 1.89. The average Bonchev–Trinajstić information content (AvgIpc) is 2.23. The van der Waals surface area contributed by atoms with Crippen LogP contribution in [0.1, 0.15) is 24.3 Å². The molecule has 0 bridgehead atoms. The molecule has 0 atom stereocenters. The van der Waals surface area contributed by atoms with Gasteiger partial charge in [0.2, 0.25) is 0 Å². The summed E-state index contributed by atoms with van der Waals surface area (Å²) in [7, 11) is 0. The normalized spacial score (nSPS) is 9.00. The maximum Gasteiger partial charge on any atom is 0.272 e. The van der Waals surface area contributed by atoms with Gasteiger partial charge in [0.15, 0.2) is 5.69 Å². The Morgan fingerprint density at radius 2 is 2.12 bits per heavy atom.